The van der Waals surface area contributed by atoms with E-state index in [0.717, 1.165) is 12.1 Å². The van der Waals surface area contributed by atoms with Crippen LogP contribution in [0.3, 0.4) is 0 Å². The Labute approximate surface area is 119 Å². The first-order chi connectivity index (χ1) is 9.58. The fraction of sp³-hybridized carbons (Fsp3) is 0.533. The number of rotatable bonds is 8. The third-order valence-corrected chi connectivity index (χ3v) is 2.92. The summed E-state index contributed by atoms with van der Waals surface area (Å²) in [5.41, 5.74) is 1.61. The monoisotopic (exact) mass is 281 g/mol. The van der Waals surface area contributed by atoms with Gasteiger partial charge in [0.15, 0.2) is 0 Å². The first-order valence-corrected chi connectivity index (χ1v) is 6.89. The molecule has 20 heavy (non-hydrogen) atoms. The number of ether oxygens (including phenoxy) is 1. The number of aliphatic hydroxyl groups excluding tert-OH is 2. The Balaban J connectivity index is 2.65. The van der Waals surface area contributed by atoms with Crippen LogP contribution in [0.25, 0.3) is 0 Å². The summed E-state index contributed by atoms with van der Waals surface area (Å²) in [6, 6.07) is 7.31. The summed E-state index contributed by atoms with van der Waals surface area (Å²) in [7, 11) is 0. The molecule has 0 saturated carbocycles. The highest BCUT2D eigenvalue weighted by Gasteiger charge is 2.22. The molecule has 0 aliphatic heterocycles. The number of carbonyl (C=O) groups excluding carboxylic acids is 1. The lowest BCUT2D eigenvalue weighted by atomic mass is 10.00. The van der Waals surface area contributed by atoms with E-state index in [1.807, 2.05) is 25.1 Å². The zero-order valence-corrected chi connectivity index (χ0v) is 12.0. The Hall–Kier alpha value is -1.43. The fourth-order valence-corrected chi connectivity index (χ4v) is 1.88. The number of hydrogen-bond donors (Lipinski definition) is 3. The van der Waals surface area contributed by atoms with Crippen LogP contribution >= 0.6 is 0 Å². The van der Waals surface area contributed by atoms with Crippen LogP contribution in [0.15, 0.2) is 24.3 Å². The van der Waals surface area contributed by atoms with Gasteiger partial charge in [0.1, 0.15) is 6.10 Å². The lowest BCUT2D eigenvalue weighted by Crippen LogP contribution is -2.23. The van der Waals surface area contributed by atoms with Crippen LogP contribution in [0.4, 0.5) is 0 Å². The molecule has 0 fully saturated rings. The SMILES string of the molecule is CCNCc1cccc(C(O)C(O)CC(=O)OCC)c1. The molecular weight excluding hydrogens is 258 g/mol. The van der Waals surface area contributed by atoms with Crippen molar-refractivity contribution < 1.29 is 19.7 Å². The van der Waals surface area contributed by atoms with E-state index < -0.39 is 18.2 Å². The Morgan fingerprint density at radius 2 is 2.10 bits per heavy atom. The van der Waals surface area contributed by atoms with Crippen LogP contribution in [-0.4, -0.2) is 35.4 Å². The molecule has 5 nitrogen and oxygen atoms in total. The average molecular weight is 281 g/mol. The maximum Gasteiger partial charge on any atom is 0.308 e. The predicted molar refractivity (Wildman–Crippen MR) is 76.0 cm³/mol. The van der Waals surface area contributed by atoms with Crippen molar-refractivity contribution in [1.82, 2.24) is 5.32 Å². The van der Waals surface area contributed by atoms with Crippen LogP contribution < -0.4 is 5.32 Å². The predicted octanol–water partition coefficient (Wildman–Crippen LogP) is 1.14. The Bertz CT molecular complexity index is 422. The van der Waals surface area contributed by atoms with Crippen molar-refractivity contribution in [1.29, 1.82) is 0 Å². The van der Waals surface area contributed by atoms with E-state index in [9.17, 15) is 15.0 Å². The number of hydrogen-bond acceptors (Lipinski definition) is 5. The Kier molecular flexibility index (Phi) is 7.22. The average Bonchev–Trinajstić information content (AvgIpc) is 2.44. The van der Waals surface area contributed by atoms with Crippen molar-refractivity contribution in [2.45, 2.75) is 39.0 Å². The van der Waals surface area contributed by atoms with Crippen molar-refractivity contribution in [2.75, 3.05) is 13.2 Å². The zero-order chi connectivity index (χ0) is 15.0. The molecule has 0 aromatic heterocycles. The molecule has 0 aliphatic rings. The first-order valence-electron chi connectivity index (χ1n) is 6.89. The molecule has 0 aliphatic carbocycles. The summed E-state index contributed by atoms with van der Waals surface area (Å²) in [4.78, 5) is 11.3. The van der Waals surface area contributed by atoms with Gasteiger partial charge in [-0.3, -0.25) is 4.79 Å². The van der Waals surface area contributed by atoms with Gasteiger partial charge in [-0.2, -0.15) is 0 Å². The third-order valence-electron chi connectivity index (χ3n) is 2.92. The van der Waals surface area contributed by atoms with Crippen molar-refractivity contribution in [3.05, 3.63) is 35.4 Å². The number of carbonyl (C=O) groups is 1. The quantitative estimate of drug-likeness (QED) is 0.623. The first kappa shape index (κ1) is 16.6. The molecule has 0 spiro atoms. The van der Waals surface area contributed by atoms with Gasteiger partial charge in [-0.15, -0.1) is 0 Å². The molecule has 112 valence electrons. The molecule has 0 saturated heterocycles. The second kappa shape index (κ2) is 8.68. The van der Waals surface area contributed by atoms with Gasteiger partial charge in [-0.1, -0.05) is 31.2 Å². The third kappa shape index (κ3) is 5.28. The molecule has 2 unspecified atom stereocenters. The second-order valence-corrected chi connectivity index (χ2v) is 4.55. The van der Waals surface area contributed by atoms with Crippen molar-refractivity contribution in [3.8, 4) is 0 Å². The summed E-state index contributed by atoms with van der Waals surface area (Å²) in [6.45, 7) is 5.54. The number of aliphatic hydroxyl groups is 2. The molecule has 1 aromatic carbocycles. The van der Waals surface area contributed by atoms with Gasteiger partial charge in [-0.25, -0.2) is 0 Å². The Morgan fingerprint density at radius 3 is 2.75 bits per heavy atom. The lowest BCUT2D eigenvalue weighted by molar-refractivity contribution is -0.147. The van der Waals surface area contributed by atoms with Gasteiger partial charge in [-0.05, 0) is 24.6 Å². The molecule has 0 amide bonds. The lowest BCUT2D eigenvalue weighted by Gasteiger charge is -2.18. The van der Waals surface area contributed by atoms with Gasteiger partial charge >= 0.3 is 5.97 Å². The van der Waals surface area contributed by atoms with Gasteiger partial charge in [0.25, 0.3) is 0 Å². The molecule has 5 heteroatoms. The summed E-state index contributed by atoms with van der Waals surface area (Å²) in [5.74, 6) is -0.511. The maximum absolute atomic E-state index is 11.3. The van der Waals surface area contributed by atoms with Gasteiger partial charge in [0, 0.05) is 6.54 Å². The van der Waals surface area contributed by atoms with E-state index in [1.54, 1.807) is 13.0 Å². The molecule has 3 N–H and O–H groups in total. The molecule has 1 aromatic rings. The summed E-state index contributed by atoms with van der Waals surface area (Å²) in [6.07, 6.45) is -2.48. The summed E-state index contributed by atoms with van der Waals surface area (Å²) < 4.78 is 4.76. The van der Waals surface area contributed by atoms with Gasteiger partial charge in [0.05, 0.1) is 19.1 Å². The van der Waals surface area contributed by atoms with Crippen molar-refractivity contribution in [2.24, 2.45) is 0 Å². The topological polar surface area (TPSA) is 78.8 Å². The van der Waals surface area contributed by atoms with Crippen molar-refractivity contribution >= 4 is 5.97 Å². The van der Waals surface area contributed by atoms with E-state index in [1.165, 1.54) is 0 Å². The molecule has 1 rings (SSSR count). The maximum atomic E-state index is 11.3. The number of benzene rings is 1. The van der Waals surface area contributed by atoms with Crippen LogP contribution in [-0.2, 0) is 16.1 Å². The van der Waals surface area contributed by atoms with Gasteiger partial charge < -0.3 is 20.3 Å². The van der Waals surface area contributed by atoms with E-state index in [2.05, 4.69) is 5.32 Å². The highest BCUT2D eigenvalue weighted by Crippen LogP contribution is 2.20. The number of nitrogens with one attached hydrogen (secondary N) is 1. The van der Waals surface area contributed by atoms with E-state index in [0.29, 0.717) is 12.1 Å². The fourth-order valence-electron chi connectivity index (χ4n) is 1.88. The van der Waals surface area contributed by atoms with Crippen LogP contribution in [0.5, 0.6) is 0 Å². The highest BCUT2D eigenvalue weighted by molar-refractivity contribution is 5.70. The van der Waals surface area contributed by atoms with E-state index in [-0.39, 0.29) is 13.0 Å². The van der Waals surface area contributed by atoms with Gasteiger partial charge in [0.2, 0.25) is 0 Å². The highest BCUT2D eigenvalue weighted by atomic mass is 16.5. The second-order valence-electron chi connectivity index (χ2n) is 4.55. The van der Waals surface area contributed by atoms with Crippen LogP contribution in [0, 0.1) is 0 Å². The largest absolute Gasteiger partial charge is 0.466 e. The zero-order valence-electron chi connectivity index (χ0n) is 12.0. The molecule has 0 radical (unpaired) electrons. The summed E-state index contributed by atoms with van der Waals surface area (Å²) in [5, 5.41) is 23.1. The van der Waals surface area contributed by atoms with E-state index in [4.69, 9.17) is 4.74 Å². The Morgan fingerprint density at radius 1 is 1.35 bits per heavy atom. The summed E-state index contributed by atoms with van der Waals surface area (Å²) >= 11 is 0. The minimum Gasteiger partial charge on any atom is -0.466 e. The van der Waals surface area contributed by atoms with Crippen LogP contribution in [0.1, 0.15) is 37.5 Å². The standard InChI is InChI=1S/C15H23NO4/c1-3-16-10-11-6-5-7-12(8-11)15(19)13(17)9-14(18)20-4-2/h5-8,13,15-17,19H,3-4,9-10H2,1-2H3. The minimum absolute atomic E-state index is 0.216. The van der Waals surface area contributed by atoms with E-state index >= 15 is 0 Å². The number of esters is 1. The minimum atomic E-state index is -1.16. The van der Waals surface area contributed by atoms with Crippen molar-refractivity contribution in [3.63, 3.8) is 0 Å². The molecule has 0 bridgehead atoms. The smallest absolute Gasteiger partial charge is 0.308 e. The molecular formula is C15H23NO4. The molecule has 2 atom stereocenters. The molecule has 0 heterocycles. The normalized spacial score (nSPS) is 13.8. The van der Waals surface area contributed by atoms with Crippen LogP contribution in [0.2, 0.25) is 0 Å².